The summed E-state index contributed by atoms with van der Waals surface area (Å²) in [5, 5.41) is 2.75. The van der Waals surface area contributed by atoms with Gasteiger partial charge in [0.25, 0.3) is 6.43 Å². The van der Waals surface area contributed by atoms with Crippen LogP contribution in [0.2, 0.25) is 0 Å². The lowest BCUT2D eigenvalue weighted by Gasteiger charge is -2.39. The zero-order valence-electron chi connectivity index (χ0n) is 12.8. The number of hydrogen-bond acceptors (Lipinski definition) is 3. The SMILES string of the molecule is CCC1C(=O)NC(CC(C)C)C(=O)N1CCOCC(F)F. The molecule has 0 saturated carbocycles. The topological polar surface area (TPSA) is 58.6 Å². The molecule has 0 radical (unpaired) electrons. The zero-order valence-corrected chi connectivity index (χ0v) is 12.8. The van der Waals surface area contributed by atoms with Crippen LogP contribution in [-0.2, 0) is 14.3 Å². The van der Waals surface area contributed by atoms with E-state index in [0.717, 1.165) is 0 Å². The molecule has 1 aliphatic heterocycles. The Morgan fingerprint density at radius 2 is 2.00 bits per heavy atom. The molecule has 5 nitrogen and oxygen atoms in total. The minimum atomic E-state index is -2.53. The van der Waals surface area contributed by atoms with Crippen molar-refractivity contribution in [1.29, 1.82) is 0 Å². The summed E-state index contributed by atoms with van der Waals surface area (Å²) in [6.45, 7) is 5.27. The Bertz CT molecular complexity index is 364. The third kappa shape index (κ3) is 5.22. The molecule has 0 aromatic rings. The molecule has 0 aromatic carbocycles. The highest BCUT2D eigenvalue weighted by Gasteiger charge is 2.39. The van der Waals surface area contributed by atoms with Gasteiger partial charge in [-0.15, -0.1) is 0 Å². The molecule has 1 fully saturated rings. The molecule has 0 aliphatic carbocycles. The van der Waals surface area contributed by atoms with Gasteiger partial charge in [-0.05, 0) is 18.8 Å². The van der Waals surface area contributed by atoms with Crippen molar-refractivity contribution < 1.29 is 23.1 Å². The minimum Gasteiger partial charge on any atom is -0.374 e. The monoisotopic (exact) mass is 306 g/mol. The molecule has 1 aliphatic rings. The quantitative estimate of drug-likeness (QED) is 0.690. The first-order valence-electron chi connectivity index (χ1n) is 7.33. The molecule has 0 aromatic heterocycles. The van der Waals surface area contributed by atoms with Crippen LogP contribution in [0.4, 0.5) is 8.78 Å². The third-order valence-electron chi connectivity index (χ3n) is 3.39. The molecule has 2 amide bonds. The number of carbonyl (C=O) groups is 2. The number of nitrogens with zero attached hydrogens (tertiary/aromatic N) is 1. The first kappa shape index (κ1) is 17.8. The van der Waals surface area contributed by atoms with Gasteiger partial charge in [0, 0.05) is 6.54 Å². The van der Waals surface area contributed by atoms with E-state index in [9.17, 15) is 18.4 Å². The van der Waals surface area contributed by atoms with Crippen LogP contribution in [0.3, 0.4) is 0 Å². The molecule has 1 saturated heterocycles. The molecule has 0 spiro atoms. The van der Waals surface area contributed by atoms with Crippen LogP contribution in [0.1, 0.15) is 33.6 Å². The molecular formula is C14H24F2N2O3. The smallest absolute Gasteiger partial charge is 0.261 e. The molecule has 1 rings (SSSR count). The molecule has 2 unspecified atom stereocenters. The molecular weight excluding hydrogens is 282 g/mol. The molecule has 0 bridgehead atoms. The van der Waals surface area contributed by atoms with Gasteiger partial charge in [-0.25, -0.2) is 8.78 Å². The summed E-state index contributed by atoms with van der Waals surface area (Å²) in [5.41, 5.74) is 0. The molecule has 1 heterocycles. The summed E-state index contributed by atoms with van der Waals surface area (Å²) in [7, 11) is 0. The summed E-state index contributed by atoms with van der Waals surface area (Å²) in [4.78, 5) is 25.9. The van der Waals surface area contributed by atoms with Crippen molar-refractivity contribution in [2.45, 2.75) is 52.1 Å². The zero-order chi connectivity index (χ0) is 16.0. The summed E-state index contributed by atoms with van der Waals surface area (Å²) in [6, 6.07) is -1.08. The maximum absolute atomic E-state index is 12.4. The van der Waals surface area contributed by atoms with Crippen molar-refractivity contribution in [3.05, 3.63) is 0 Å². The number of ether oxygens (including phenoxy) is 1. The minimum absolute atomic E-state index is 0.00819. The number of carbonyl (C=O) groups excluding carboxylic acids is 2. The third-order valence-corrected chi connectivity index (χ3v) is 3.39. The number of piperazine rings is 1. The largest absolute Gasteiger partial charge is 0.374 e. The van der Waals surface area contributed by atoms with E-state index in [-0.39, 0.29) is 30.9 Å². The van der Waals surface area contributed by atoms with Crippen LogP contribution in [0, 0.1) is 5.92 Å². The summed E-state index contributed by atoms with van der Waals surface area (Å²) < 4.78 is 28.9. The number of hydrogen-bond donors (Lipinski definition) is 1. The fourth-order valence-electron chi connectivity index (χ4n) is 2.46. The van der Waals surface area contributed by atoms with Gasteiger partial charge in [0.05, 0.1) is 6.61 Å². The predicted molar refractivity (Wildman–Crippen MR) is 74.0 cm³/mol. The Morgan fingerprint density at radius 3 is 2.52 bits per heavy atom. The van der Waals surface area contributed by atoms with E-state index in [0.29, 0.717) is 12.8 Å². The maximum Gasteiger partial charge on any atom is 0.261 e. The Balaban J connectivity index is 2.65. The Hall–Kier alpha value is -1.24. The van der Waals surface area contributed by atoms with E-state index in [1.54, 1.807) is 0 Å². The molecule has 21 heavy (non-hydrogen) atoms. The van der Waals surface area contributed by atoms with Crippen LogP contribution in [0.25, 0.3) is 0 Å². The summed E-state index contributed by atoms with van der Waals surface area (Å²) >= 11 is 0. The fourth-order valence-corrected chi connectivity index (χ4v) is 2.46. The molecule has 7 heteroatoms. The average Bonchev–Trinajstić information content (AvgIpc) is 2.38. The van der Waals surface area contributed by atoms with Crippen LogP contribution in [0.15, 0.2) is 0 Å². The first-order valence-corrected chi connectivity index (χ1v) is 7.33. The van der Waals surface area contributed by atoms with Gasteiger partial charge in [-0.1, -0.05) is 20.8 Å². The number of amides is 2. The van der Waals surface area contributed by atoms with E-state index < -0.39 is 25.1 Å². The van der Waals surface area contributed by atoms with Gasteiger partial charge in [0.15, 0.2) is 0 Å². The Morgan fingerprint density at radius 1 is 1.33 bits per heavy atom. The van der Waals surface area contributed by atoms with Gasteiger partial charge in [0.2, 0.25) is 11.8 Å². The van der Waals surface area contributed by atoms with Gasteiger partial charge in [-0.3, -0.25) is 9.59 Å². The van der Waals surface area contributed by atoms with Gasteiger partial charge < -0.3 is 15.0 Å². The summed E-state index contributed by atoms with van der Waals surface area (Å²) in [5.74, 6) is -0.0678. The van der Waals surface area contributed by atoms with Gasteiger partial charge >= 0.3 is 0 Å². The van der Waals surface area contributed by atoms with Crippen molar-refractivity contribution in [3.8, 4) is 0 Å². The lowest BCUT2D eigenvalue weighted by molar-refractivity contribution is -0.151. The lowest BCUT2D eigenvalue weighted by Crippen LogP contribution is -2.63. The van der Waals surface area contributed by atoms with Crippen LogP contribution in [0.5, 0.6) is 0 Å². The van der Waals surface area contributed by atoms with Crippen molar-refractivity contribution in [2.75, 3.05) is 19.8 Å². The second-order valence-electron chi connectivity index (χ2n) is 5.61. The lowest BCUT2D eigenvalue weighted by atomic mass is 9.98. The highest BCUT2D eigenvalue weighted by atomic mass is 19.3. The molecule has 2 atom stereocenters. The second kappa shape index (κ2) is 8.26. The van der Waals surface area contributed by atoms with Gasteiger partial charge in [-0.2, -0.15) is 0 Å². The number of rotatable bonds is 8. The predicted octanol–water partition coefficient (Wildman–Crippen LogP) is 1.42. The van der Waals surface area contributed by atoms with Crippen molar-refractivity contribution in [1.82, 2.24) is 10.2 Å². The normalized spacial score (nSPS) is 23.1. The summed E-state index contributed by atoms with van der Waals surface area (Å²) in [6.07, 6.45) is -1.48. The van der Waals surface area contributed by atoms with Crippen molar-refractivity contribution >= 4 is 11.8 Å². The molecule has 1 N–H and O–H groups in total. The Kier molecular flexibility index (Phi) is 7.01. The number of halogens is 2. The standard InChI is InChI=1S/C14H24F2N2O3/c1-4-11-13(19)17-10(7-9(2)3)14(20)18(11)5-6-21-8-12(15)16/h9-12H,4-8H2,1-3H3,(H,17,19). The Labute approximate surface area is 124 Å². The maximum atomic E-state index is 12.4. The van der Waals surface area contributed by atoms with Crippen molar-refractivity contribution in [2.24, 2.45) is 5.92 Å². The van der Waals surface area contributed by atoms with E-state index >= 15 is 0 Å². The first-order chi connectivity index (χ1) is 9.86. The number of alkyl halides is 2. The van der Waals surface area contributed by atoms with Crippen molar-refractivity contribution in [3.63, 3.8) is 0 Å². The van der Waals surface area contributed by atoms with E-state index in [2.05, 4.69) is 5.32 Å². The fraction of sp³-hybridized carbons (Fsp3) is 0.857. The highest BCUT2D eigenvalue weighted by Crippen LogP contribution is 2.17. The van der Waals surface area contributed by atoms with Crippen LogP contribution >= 0.6 is 0 Å². The van der Waals surface area contributed by atoms with E-state index in [1.165, 1.54) is 4.90 Å². The second-order valence-corrected chi connectivity index (χ2v) is 5.61. The van der Waals surface area contributed by atoms with Gasteiger partial charge in [0.1, 0.15) is 18.7 Å². The van der Waals surface area contributed by atoms with E-state index in [1.807, 2.05) is 20.8 Å². The average molecular weight is 306 g/mol. The highest BCUT2D eigenvalue weighted by molar-refractivity contribution is 5.96. The van der Waals surface area contributed by atoms with E-state index in [4.69, 9.17) is 4.74 Å². The van der Waals surface area contributed by atoms with Crippen LogP contribution < -0.4 is 5.32 Å². The molecule has 122 valence electrons. The number of nitrogens with one attached hydrogen (secondary N) is 1. The van der Waals surface area contributed by atoms with Crippen LogP contribution in [-0.4, -0.2) is 55.0 Å².